The largest absolute Gasteiger partial charge is 0.464 e. The first-order valence-corrected chi connectivity index (χ1v) is 15.5. The highest BCUT2D eigenvalue weighted by molar-refractivity contribution is 7.15. The third-order valence-electron chi connectivity index (χ3n) is 7.72. The molecule has 0 aliphatic rings. The predicted molar refractivity (Wildman–Crippen MR) is 176 cm³/mol. The first-order chi connectivity index (χ1) is 21.6. The molecule has 2 amide bonds. The second kappa shape index (κ2) is 13.5. The quantitative estimate of drug-likeness (QED) is 0.164. The lowest BCUT2D eigenvalue weighted by Gasteiger charge is -2.32. The van der Waals surface area contributed by atoms with Crippen LogP contribution in [0.1, 0.15) is 43.4 Å². The maximum Gasteiger partial charge on any atom is 0.274 e. The number of hydrogen-bond acceptors (Lipinski definition) is 5. The van der Waals surface area contributed by atoms with Crippen LogP contribution < -0.4 is 5.32 Å². The van der Waals surface area contributed by atoms with Crippen LogP contribution in [0.4, 0.5) is 0 Å². The Morgan fingerprint density at radius 3 is 2.25 bits per heavy atom. The molecule has 0 aliphatic carbocycles. The fourth-order valence-corrected chi connectivity index (χ4v) is 6.40. The molecule has 0 aliphatic heterocycles. The molecule has 0 fully saturated rings. The number of aromatic nitrogens is 1. The Labute approximate surface area is 261 Å². The highest BCUT2D eigenvalue weighted by Gasteiger charge is 2.30. The van der Waals surface area contributed by atoms with E-state index in [-0.39, 0.29) is 24.4 Å². The molecule has 6 rings (SSSR count). The van der Waals surface area contributed by atoms with Gasteiger partial charge in [-0.25, -0.2) is 4.98 Å². The van der Waals surface area contributed by atoms with Gasteiger partial charge in [0.15, 0.2) is 0 Å². The number of hydrogen-bond donors (Lipinski definition) is 1. The molecule has 2 heterocycles. The van der Waals surface area contributed by atoms with Crippen molar-refractivity contribution in [2.24, 2.45) is 0 Å². The molecule has 1 atom stereocenters. The van der Waals surface area contributed by atoms with Gasteiger partial charge in [0.05, 0.1) is 27.8 Å². The molecule has 0 saturated carbocycles. The van der Waals surface area contributed by atoms with Crippen LogP contribution in [-0.2, 0) is 13.0 Å². The highest BCUT2D eigenvalue weighted by Crippen LogP contribution is 2.32. The van der Waals surface area contributed by atoms with Crippen molar-refractivity contribution in [3.8, 4) is 10.4 Å². The summed E-state index contributed by atoms with van der Waals surface area (Å²) in [5.41, 5.74) is 4.78. The zero-order chi connectivity index (χ0) is 30.3. The standard InChI is InChI=1S/C37H33N3O3S/c1-26-39-34(35(44-26)29-16-9-4-10-17-29)37(42)40(25-28-14-7-3-8-15-28)30(21-20-27-12-5-2-6-13-27)24-38-36(41)32-18-11-19-33-31(32)22-23-43-33/h2-19,22-23,30H,20-21,24-25H2,1H3,(H,38,41)/t30-/m1/s1. The Kier molecular flexibility index (Phi) is 8.94. The molecule has 7 heteroatoms. The number of rotatable bonds is 11. The third-order valence-corrected chi connectivity index (χ3v) is 8.74. The highest BCUT2D eigenvalue weighted by atomic mass is 32.1. The predicted octanol–water partition coefficient (Wildman–Crippen LogP) is 7.94. The van der Waals surface area contributed by atoms with Crippen LogP contribution in [0.3, 0.4) is 0 Å². The summed E-state index contributed by atoms with van der Waals surface area (Å²) >= 11 is 1.52. The van der Waals surface area contributed by atoms with Gasteiger partial charge in [0.2, 0.25) is 0 Å². The Balaban J connectivity index is 1.35. The zero-order valence-electron chi connectivity index (χ0n) is 24.5. The first-order valence-electron chi connectivity index (χ1n) is 14.7. The number of amides is 2. The lowest BCUT2D eigenvalue weighted by molar-refractivity contribution is 0.0634. The molecule has 4 aromatic carbocycles. The van der Waals surface area contributed by atoms with Gasteiger partial charge in [-0.1, -0.05) is 97.1 Å². The minimum Gasteiger partial charge on any atom is -0.464 e. The smallest absolute Gasteiger partial charge is 0.274 e. The second-order valence-electron chi connectivity index (χ2n) is 10.7. The van der Waals surface area contributed by atoms with Crippen molar-refractivity contribution in [3.05, 3.63) is 149 Å². The van der Waals surface area contributed by atoms with Gasteiger partial charge >= 0.3 is 0 Å². The number of carbonyl (C=O) groups is 2. The molecule has 6 nitrogen and oxygen atoms in total. The van der Waals surface area contributed by atoms with E-state index in [0.29, 0.717) is 29.8 Å². The summed E-state index contributed by atoms with van der Waals surface area (Å²) in [5.74, 6) is -0.357. The van der Waals surface area contributed by atoms with E-state index < -0.39 is 0 Å². The van der Waals surface area contributed by atoms with Gasteiger partial charge in [-0.3, -0.25) is 9.59 Å². The molecule has 0 unspecified atom stereocenters. The van der Waals surface area contributed by atoms with Gasteiger partial charge in [0.1, 0.15) is 11.3 Å². The molecule has 1 N–H and O–H groups in total. The molecule has 0 saturated heterocycles. The maximum atomic E-state index is 14.6. The van der Waals surface area contributed by atoms with E-state index >= 15 is 0 Å². The SMILES string of the molecule is Cc1nc(C(=O)N(Cc2ccccc2)[C@H](CCc2ccccc2)CNC(=O)c2cccc3occc23)c(-c2ccccc2)s1. The summed E-state index contributed by atoms with van der Waals surface area (Å²) in [7, 11) is 0. The summed E-state index contributed by atoms with van der Waals surface area (Å²) in [6, 6.07) is 37.1. The molecule has 6 aromatic rings. The van der Waals surface area contributed by atoms with Crippen molar-refractivity contribution in [2.75, 3.05) is 6.54 Å². The molecule has 0 spiro atoms. The van der Waals surface area contributed by atoms with Crippen LogP contribution in [0.2, 0.25) is 0 Å². The molecule has 0 bridgehead atoms. The summed E-state index contributed by atoms with van der Waals surface area (Å²) in [4.78, 5) is 35.6. The van der Waals surface area contributed by atoms with Crippen LogP contribution in [0, 0.1) is 6.92 Å². The fourth-order valence-electron chi connectivity index (χ4n) is 5.48. The van der Waals surface area contributed by atoms with Crippen LogP contribution in [0.5, 0.6) is 0 Å². The van der Waals surface area contributed by atoms with E-state index in [1.165, 1.54) is 16.9 Å². The summed E-state index contributed by atoms with van der Waals surface area (Å²) in [5, 5.41) is 4.73. The number of nitrogens with zero attached hydrogens (tertiary/aromatic N) is 2. The summed E-state index contributed by atoms with van der Waals surface area (Å²) < 4.78 is 5.52. The van der Waals surface area contributed by atoms with Crippen molar-refractivity contribution in [1.82, 2.24) is 15.2 Å². The summed E-state index contributed by atoms with van der Waals surface area (Å²) in [6.07, 6.45) is 2.99. The molecule has 44 heavy (non-hydrogen) atoms. The second-order valence-corrected chi connectivity index (χ2v) is 11.9. The molecule has 2 aromatic heterocycles. The zero-order valence-corrected chi connectivity index (χ0v) is 25.3. The Hall–Kier alpha value is -5.01. The molecular weight excluding hydrogens is 566 g/mol. The minimum atomic E-state index is -0.305. The van der Waals surface area contributed by atoms with Crippen LogP contribution in [0.15, 0.2) is 126 Å². The average molecular weight is 600 g/mol. The van der Waals surface area contributed by atoms with E-state index in [4.69, 9.17) is 9.40 Å². The third kappa shape index (κ3) is 6.63. The van der Waals surface area contributed by atoms with Crippen molar-refractivity contribution in [2.45, 2.75) is 32.4 Å². The monoisotopic (exact) mass is 599 g/mol. The van der Waals surface area contributed by atoms with Gasteiger partial charge in [-0.05, 0) is 54.7 Å². The van der Waals surface area contributed by atoms with Crippen molar-refractivity contribution < 1.29 is 14.0 Å². The van der Waals surface area contributed by atoms with Crippen molar-refractivity contribution >= 4 is 34.1 Å². The van der Waals surface area contributed by atoms with Gasteiger partial charge in [0.25, 0.3) is 11.8 Å². The van der Waals surface area contributed by atoms with Crippen molar-refractivity contribution in [3.63, 3.8) is 0 Å². The van der Waals surface area contributed by atoms with Crippen LogP contribution >= 0.6 is 11.3 Å². The van der Waals surface area contributed by atoms with E-state index in [2.05, 4.69) is 17.4 Å². The van der Waals surface area contributed by atoms with Gasteiger partial charge in [-0.2, -0.15) is 0 Å². The fraction of sp³-hybridized carbons (Fsp3) is 0.162. The Morgan fingerprint density at radius 2 is 1.52 bits per heavy atom. The average Bonchev–Trinajstić information content (AvgIpc) is 3.71. The van der Waals surface area contributed by atoms with Crippen LogP contribution in [0.25, 0.3) is 21.4 Å². The summed E-state index contributed by atoms with van der Waals surface area (Å²) in [6.45, 7) is 2.60. The topological polar surface area (TPSA) is 75.4 Å². The lowest BCUT2D eigenvalue weighted by atomic mass is 10.0. The van der Waals surface area contributed by atoms with E-state index in [1.54, 1.807) is 18.4 Å². The molecule has 0 radical (unpaired) electrons. The number of fused-ring (bicyclic) bond motifs is 1. The number of carbonyl (C=O) groups excluding carboxylic acids is 2. The van der Waals surface area contributed by atoms with E-state index in [0.717, 1.165) is 32.8 Å². The number of thiazole rings is 1. The number of aryl methyl sites for hydroxylation is 2. The van der Waals surface area contributed by atoms with E-state index in [9.17, 15) is 9.59 Å². The number of furan rings is 1. The van der Waals surface area contributed by atoms with Gasteiger partial charge in [0, 0.05) is 18.5 Å². The van der Waals surface area contributed by atoms with Gasteiger partial charge in [-0.15, -0.1) is 11.3 Å². The maximum absolute atomic E-state index is 14.6. The van der Waals surface area contributed by atoms with Crippen LogP contribution in [-0.4, -0.2) is 34.3 Å². The molecular formula is C37H33N3O3S. The van der Waals surface area contributed by atoms with Crippen molar-refractivity contribution in [1.29, 1.82) is 0 Å². The van der Waals surface area contributed by atoms with E-state index in [1.807, 2.05) is 103 Å². The van der Waals surface area contributed by atoms with Gasteiger partial charge < -0.3 is 14.6 Å². The Morgan fingerprint density at radius 1 is 0.841 bits per heavy atom. The lowest BCUT2D eigenvalue weighted by Crippen LogP contribution is -2.47. The number of benzene rings is 4. The normalized spacial score (nSPS) is 11.8. The first kappa shape index (κ1) is 29.1. The Bertz CT molecular complexity index is 1850. The molecule has 220 valence electrons. The minimum absolute atomic E-state index is 0.152. The number of nitrogens with one attached hydrogen (secondary N) is 1.